The summed E-state index contributed by atoms with van der Waals surface area (Å²) in [5.74, 6) is -0.314. The van der Waals surface area contributed by atoms with Gasteiger partial charge in [-0.1, -0.05) is 48.5 Å². The first-order valence-electron chi connectivity index (χ1n) is 11.2. The van der Waals surface area contributed by atoms with Gasteiger partial charge < -0.3 is 15.5 Å². The van der Waals surface area contributed by atoms with Gasteiger partial charge in [-0.3, -0.25) is 9.59 Å². The van der Waals surface area contributed by atoms with Crippen LogP contribution in [0.2, 0.25) is 0 Å². The maximum Gasteiger partial charge on any atom is 0.255 e. The topological polar surface area (TPSA) is 61.4 Å². The predicted molar refractivity (Wildman–Crippen MR) is 129 cm³/mol. The third kappa shape index (κ3) is 5.17. The van der Waals surface area contributed by atoms with Gasteiger partial charge in [0, 0.05) is 36.6 Å². The molecule has 3 aromatic rings. The van der Waals surface area contributed by atoms with Crippen LogP contribution in [0.25, 0.3) is 0 Å². The molecule has 2 N–H and O–H groups in total. The van der Waals surface area contributed by atoms with Gasteiger partial charge in [0.25, 0.3) is 11.8 Å². The Bertz CT molecular complexity index is 1090. The van der Waals surface area contributed by atoms with E-state index in [1.807, 2.05) is 67.6 Å². The molecule has 0 bridgehead atoms. The van der Waals surface area contributed by atoms with Gasteiger partial charge in [0.15, 0.2) is 0 Å². The molecule has 4 rings (SSSR count). The molecule has 0 unspecified atom stereocenters. The maximum absolute atomic E-state index is 13.2. The van der Waals surface area contributed by atoms with Crippen LogP contribution in [-0.4, -0.2) is 24.9 Å². The summed E-state index contributed by atoms with van der Waals surface area (Å²) in [4.78, 5) is 28.3. The van der Waals surface area contributed by atoms with Crippen LogP contribution in [0, 0.1) is 6.92 Å². The largest absolute Gasteiger partial charge is 0.371 e. The number of carbonyl (C=O) groups excluding carboxylic acids is 2. The maximum atomic E-state index is 13.2. The van der Waals surface area contributed by atoms with Crippen molar-refractivity contribution in [3.63, 3.8) is 0 Å². The molecule has 5 nitrogen and oxygen atoms in total. The second-order valence-corrected chi connectivity index (χ2v) is 8.22. The number of hydrogen-bond acceptors (Lipinski definition) is 3. The number of rotatable bonds is 6. The van der Waals surface area contributed by atoms with Crippen molar-refractivity contribution in [2.75, 3.05) is 23.3 Å². The van der Waals surface area contributed by atoms with E-state index in [9.17, 15) is 9.59 Å². The first-order chi connectivity index (χ1) is 15.6. The lowest BCUT2D eigenvalue weighted by molar-refractivity contribution is 0.0950. The van der Waals surface area contributed by atoms with E-state index in [4.69, 9.17) is 0 Å². The number of nitrogens with one attached hydrogen (secondary N) is 2. The van der Waals surface area contributed by atoms with Gasteiger partial charge >= 0.3 is 0 Å². The van der Waals surface area contributed by atoms with Crippen LogP contribution in [0.1, 0.15) is 51.1 Å². The van der Waals surface area contributed by atoms with Crippen LogP contribution in [0.15, 0.2) is 72.8 Å². The molecule has 0 atom stereocenters. The molecular formula is C27H29N3O2. The zero-order valence-corrected chi connectivity index (χ0v) is 18.4. The van der Waals surface area contributed by atoms with Crippen molar-refractivity contribution in [2.45, 2.75) is 32.7 Å². The third-order valence-electron chi connectivity index (χ3n) is 5.88. The van der Waals surface area contributed by atoms with E-state index in [-0.39, 0.29) is 11.8 Å². The van der Waals surface area contributed by atoms with Crippen molar-refractivity contribution in [2.24, 2.45) is 0 Å². The molecule has 1 aliphatic heterocycles. The SMILES string of the molecule is Cc1ccccc1C(=O)Nc1ccc(N2CCCCC2)c(C(=O)NCc2ccccc2)c1. The fourth-order valence-corrected chi connectivity index (χ4v) is 4.11. The summed E-state index contributed by atoms with van der Waals surface area (Å²) in [5, 5.41) is 6.00. The number of anilines is 2. The average Bonchev–Trinajstić information content (AvgIpc) is 2.84. The highest BCUT2D eigenvalue weighted by atomic mass is 16.2. The van der Waals surface area contributed by atoms with E-state index in [0.717, 1.165) is 42.7 Å². The summed E-state index contributed by atoms with van der Waals surface area (Å²) in [5.41, 5.74) is 4.71. The van der Waals surface area contributed by atoms with Crippen molar-refractivity contribution >= 4 is 23.2 Å². The number of hydrogen-bond donors (Lipinski definition) is 2. The van der Waals surface area contributed by atoms with E-state index in [0.29, 0.717) is 23.4 Å². The summed E-state index contributed by atoms with van der Waals surface area (Å²) in [6, 6.07) is 23.0. The Morgan fingerprint density at radius 1 is 0.812 bits per heavy atom. The summed E-state index contributed by atoms with van der Waals surface area (Å²) in [6.07, 6.45) is 3.46. The molecule has 5 heteroatoms. The second-order valence-electron chi connectivity index (χ2n) is 8.22. The Balaban J connectivity index is 1.58. The van der Waals surface area contributed by atoms with Crippen LogP contribution in [-0.2, 0) is 6.54 Å². The van der Waals surface area contributed by atoms with Crippen LogP contribution in [0.4, 0.5) is 11.4 Å². The number of amides is 2. The smallest absolute Gasteiger partial charge is 0.255 e. The molecule has 0 aromatic heterocycles. The molecule has 0 spiro atoms. The first-order valence-corrected chi connectivity index (χ1v) is 11.2. The fourth-order valence-electron chi connectivity index (χ4n) is 4.11. The lowest BCUT2D eigenvalue weighted by Crippen LogP contribution is -2.32. The lowest BCUT2D eigenvalue weighted by Gasteiger charge is -2.30. The molecule has 32 heavy (non-hydrogen) atoms. The Labute approximate surface area is 189 Å². The summed E-state index contributed by atoms with van der Waals surface area (Å²) in [7, 11) is 0. The van der Waals surface area contributed by atoms with E-state index in [1.165, 1.54) is 6.42 Å². The van der Waals surface area contributed by atoms with Crippen molar-refractivity contribution in [1.29, 1.82) is 0 Å². The fraction of sp³-hybridized carbons (Fsp3) is 0.259. The Morgan fingerprint density at radius 3 is 2.28 bits per heavy atom. The van der Waals surface area contributed by atoms with Gasteiger partial charge in [-0.25, -0.2) is 0 Å². The summed E-state index contributed by atoms with van der Waals surface area (Å²) >= 11 is 0. The van der Waals surface area contributed by atoms with Gasteiger partial charge in [0.1, 0.15) is 0 Å². The minimum absolute atomic E-state index is 0.138. The highest BCUT2D eigenvalue weighted by molar-refractivity contribution is 6.07. The Kier molecular flexibility index (Phi) is 6.85. The van der Waals surface area contributed by atoms with Crippen molar-refractivity contribution in [1.82, 2.24) is 5.32 Å². The molecule has 1 fully saturated rings. The number of nitrogens with zero attached hydrogens (tertiary/aromatic N) is 1. The van der Waals surface area contributed by atoms with Gasteiger partial charge in [-0.05, 0) is 61.6 Å². The summed E-state index contributed by atoms with van der Waals surface area (Å²) in [6.45, 7) is 4.25. The third-order valence-corrected chi connectivity index (χ3v) is 5.88. The number of piperidine rings is 1. The average molecular weight is 428 g/mol. The number of benzene rings is 3. The van der Waals surface area contributed by atoms with Gasteiger partial charge in [-0.15, -0.1) is 0 Å². The van der Waals surface area contributed by atoms with Crippen LogP contribution in [0.5, 0.6) is 0 Å². The zero-order chi connectivity index (χ0) is 22.3. The minimum atomic E-state index is -0.176. The highest BCUT2D eigenvalue weighted by Crippen LogP contribution is 2.28. The van der Waals surface area contributed by atoms with Crippen molar-refractivity contribution in [3.8, 4) is 0 Å². The monoisotopic (exact) mass is 427 g/mol. The van der Waals surface area contributed by atoms with E-state index >= 15 is 0 Å². The molecule has 164 valence electrons. The number of aryl methyl sites for hydroxylation is 1. The normalized spacial score (nSPS) is 13.5. The second kappa shape index (κ2) is 10.1. The number of carbonyl (C=O) groups is 2. The summed E-state index contributed by atoms with van der Waals surface area (Å²) < 4.78 is 0. The molecule has 1 aliphatic rings. The standard InChI is InChI=1S/C27H29N3O2/c1-20-10-6-7-13-23(20)27(32)29-22-14-15-25(30-16-8-3-9-17-30)24(18-22)26(31)28-19-21-11-4-2-5-12-21/h2,4-7,10-15,18H,3,8-9,16-17,19H2,1H3,(H,28,31)(H,29,32). The molecule has 0 aliphatic carbocycles. The molecule has 1 heterocycles. The van der Waals surface area contributed by atoms with Crippen LogP contribution in [0.3, 0.4) is 0 Å². The molecular weight excluding hydrogens is 398 g/mol. The molecule has 0 radical (unpaired) electrons. The van der Waals surface area contributed by atoms with Crippen molar-refractivity contribution in [3.05, 3.63) is 95.1 Å². The van der Waals surface area contributed by atoms with Crippen LogP contribution >= 0.6 is 0 Å². The van der Waals surface area contributed by atoms with E-state index < -0.39 is 0 Å². The first kappa shape index (κ1) is 21.6. The van der Waals surface area contributed by atoms with E-state index in [2.05, 4.69) is 15.5 Å². The van der Waals surface area contributed by atoms with Gasteiger partial charge in [-0.2, -0.15) is 0 Å². The quantitative estimate of drug-likeness (QED) is 0.571. The molecule has 3 aromatic carbocycles. The molecule has 1 saturated heterocycles. The molecule has 2 amide bonds. The lowest BCUT2D eigenvalue weighted by atomic mass is 10.0. The zero-order valence-electron chi connectivity index (χ0n) is 18.4. The van der Waals surface area contributed by atoms with Gasteiger partial charge in [0.05, 0.1) is 5.56 Å². The van der Waals surface area contributed by atoms with Gasteiger partial charge in [0.2, 0.25) is 0 Å². The van der Waals surface area contributed by atoms with E-state index in [1.54, 1.807) is 12.1 Å². The Morgan fingerprint density at radius 2 is 1.53 bits per heavy atom. The highest BCUT2D eigenvalue weighted by Gasteiger charge is 2.20. The van der Waals surface area contributed by atoms with Crippen molar-refractivity contribution < 1.29 is 9.59 Å². The predicted octanol–water partition coefficient (Wildman–Crippen LogP) is 5.17. The Hall–Kier alpha value is -3.60. The molecule has 0 saturated carbocycles. The minimum Gasteiger partial charge on any atom is -0.371 e. The van der Waals surface area contributed by atoms with Crippen LogP contribution < -0.4 is 15.5 Å².